The van der Waals surface area contributed by atoms with E-state index >= 15 is 0 Å². The first-order valence-corrected chi connectivity index (χ1v) is 6.81. The highest BCUT2D eigenvalue weighted by molar-refractivity contribution is 9.13. The molecule has 0 fully saturated rings. The van der Waals surface area contributed by atoms with Crippen LogP contribution in [-0.4, -0.2) is 5.11 Å². The standard InChI is InChI=1S/C12H16Br2O/c1-3-8(4-2)12(15)9-5-6-10(13)11(14)7-9/h5-8,12,15H,3-4H2,1-2H3. The topological polar surface area (TPSA) is 20.2 Å². The SMILES string of the molecule is CCC(CC)C(O)c1ccc(Br)c(Br)c1. The maximum absolute atomic E-state index is 10.2. The van der Waals surface area contributed by atoms with E-state index in [4.69, 9.17) is 0 Å². The maximum atomic E-state index is 10.2. The monoisotopic (exact) mass is 334 g/mol. The van der Waals surface area contributed by atoms with Crippen molar-refractivity contribution in [2.75, 3.05) is 0 Å². The Labute approximate surface area is 108 Å². The maximum Gasteiger partial charge on any atom is 0.0818 e. The predicted octanol–water partition coefficient (Wildman–Crippen LogP) is 4.68. The molecule has 3 heteroatoms. The quantitative estimate of drug-likeness (QED) is 0.846. The highest BCUT2D eigenvalue weighted by Gasteiger charge is 2.17. The zero-order valence-electron chi connectivity index (χ0n) is 9.00. The van der Waals surface area contributed by atoms with Gasteiger partial charge in [-0.05, 0) is 55.5 Å². The van der Waals surface area contributed by atoms with Gasteiger partial charge in [-0.15, -0.1) is 0 Å². The number of halogens is 2. The van der Waals surface area contributed by atoms with Crippen LogP contribution in [0.15, 0.2) is 27.1 Å². The summed E-state index contributed by atoms with van der Waals surface area (Å²) in [5.74, 6) is 0.345. The molecule has 0 aliphatic heterocycles. The molecule has 1 unspecified atom stereocenters. The highest BCUT2D eigenvalue weighted by Crippen LogP contribution is 2.31. The summed E-state index contributed by atoms with van der Waals surface area (Å²) in [5, 5.41) is 10.2. The van der Waals surface area contributed by atoms with Gasteiger partial charge in [0, 0.05) is 8.95 Å². The summed E-state index contributed by atoms with van der Waals surface area (Å²) < 4.78 is 2.01. The van der Waals surface area contributed by atoms with Gasteiger partial charge in [-0.2, -0.15) is 0 Å². The van der Waals surface area contributed by atoms with Crippen LogP contribution in [0.3, 0.4) is 0 Å². The lowest BCUT2D eigenvalue weighted by molar-refractivity contribution is 0.103. The van der Waals surface area contributed by atoms with Gasteiger partial charge >= 0.3 is 0 Å². The molecule has 1 nitrogen and oxygen atoms in total. The zero-order chi connectivity index (χ0) is 11.4. The molecule has 0 spiro atoms. The predicted molar refractivity (Wildman–Crippen MR) is 70.9 cm³/mol. The van der Waals surface area contributed by atoms with Gasteiger partial charge in [-0.25, -0.2) is 0 Å². The van der Waals surface area contributed by atoms with E-state index in [9.17, 15) is 5.11 Å². The molecule has 84 valence electrons. The lowest BCUT2D eigenvalue weighted by Crippen LogP contribution is -2.10. The van der Waals surface area contributed by atoms with Crippen LogP contribution >= 0.6 is 31.9 Å². The Kier molecular flexibility index (Phi) is 5.30. The van der Waals surface area contributed by atoms with Crippen molar-refractivity contribution in [2.45, 2.75) is 32.8 Å². The molecule has 1 aromatic carbocycles. The van der Waals surface area contributed by atoms with Gasteiger partial charge in [0.25, 0.3) is 0 Å². The van der Waals surface area contributed by atoms with Crippen molar-refractivity contribution in [2.24, 2.45) is 5.92 Å². The molecule has 0 aliphatic carbocycles. The van der Waals surface area contributed by atoms with Gasteiger partial charge in [0.1, 0.15) is 0 Å². The van der Waals surface area contributed by atoms with E-state index in [0.29, 0.717) is 5.92 Å². The van der Waals surface area contributed by atoms with Gasteiger partial charge in [0.2, 0.25) is 0 Å². The fourth-order valence-corrected chi connectivity index (χ4v) is 2.35. The molecular formula is C12H16Br2O. The molecule has 0 amide bonds. The van der Waals surface area contributed by atoms with Crippen LogP contribution in [0.2, 0.25) is 0 Å². The van der Waals surface area contributed by atoms with Crippen molar-refractivity contribution in [3.8, 4) is 0 Å². The molecule has 0 heterocycles. The van der Waals surface area contributed by atoms with Crippen LogP contribution in [0.5, 0.6) is 0 Å². The third-order valence-electron chi connectivity index (χ3n) is 2.78. The van der Waals surface area contributed by atoms with E-state index in [2.05, 4.69) is 45.7 Å². The summed E-state index contributed by atoms with van der Waals surface area (Å²) in [6, 6.07) is 5.91. The third-order valence-corrected chi connectivity index (χ3v) is 4.66. The minimum Gasteiger partial charge on any atom is -0.388 e. The number of benzene rings is 1. The first-order chi connectivity index (χ1) is 7.10. The Morgan fingerprint density at radius 2 is 1.73 bits per heavy atom. The zero-order valence-corrected chi connectivity index (χ0v) is 12.2. The molecule has 15 heavy (non-hydrogen) atoms. The summed E-state index contributed by atoms with van der Waals surface area (Å²) in [6.45, 7) is 4.23. The molecule has 1 aromatic rings. The van der Waals surface area contributed by atoms with Gasteiger partial charge in [-0.3, -0.25) is 0 Å². The van der Waals surface area contributed by atoms with Gasteiger partial charge in [0.15, 0.2) is 0 Å². The summed E-state index contributed by atoms with van der Waals surface area (Å²) in [7, 11) is 0. The number of hydrogen-bond donors (Lipinski definition) is 1. The Bertz CT molecular complexity index is 321. The Balaban J connectivity index is 2.90. The number of aliphatic hydroxyl groups excluding tert-OH is 1. The first-order valence-electron chi connectivity index (χ1n) is 5.23. The highest BCUT2D eigenvalue weighted by atomic mass is 79.9. The minimum atomic E-state index is -0.357. The lowest BCUT2D eigenvalue weighted by Gasteiger charge is -2.20. The van der Waals surface area contributed by atoms with Crippen molar-refractivity contribution in [1.82, 2.24) is 0 Å². The van der Waals surface area contributed by atoms with Gasteiger partial charge in [-0.1, -0.05) is 32.8 Å². The molecule has 0 saturated heterocycles. The summed E-state index contributed by atoms with van der Waals surface area (Å²) in [6.07, 6.45) is 1.65. The molecule has 0 aliphatic rings. The van der Waals surface area contributed by atoms with Crippen LogP contribution in [0, 0.1) is 5.92 Å². The van der Waals surface area contributed by atoms with E-state index in [1.807, 2.05) is 18.2 Å². The Morgan fingerprint density at radius 3 is 2.20 bits per heavy atom. The Hall–Kier alpha value is 0.140. The average molecular weight is 336 g/mol. The van der Waals surface area contributed by atoms with Crippen molar-refractivity contribution in [3.63, 3.8) is 0 Å². The number of aliphatic hydroxyl groups is 1. The van der Waals surface area contributed by atoms with Gasteiger partial charge < -0.3 is 5.11 Å². The van der Waals surface area contributed by atoms with Crippen LogP contribution in [0.4, 0.5) is 0 Å². The van der Waals surface area contributed by atoms with E-state index < -0.39 is 0 Å². The fraction of sp³-hybridized carbons (Fsp3) is 0.500. The second-order valence-corrected chi connectivity index (χ2v) is 5.40. The molecule has 1 atom stereocenters. The molecule has 1 N–H and O–H groups in total. The van der Waals surface area contributed by atoms with E-state index in [0.717, 1.165) is 27.4 Å². The molecule has 0 aromatic heterocycles. The summed E-state index contributed by atoms with van der Waals surface area (Å²) in [5.41, 5.74) is 0.985. The van der Waals surface area contributed by atoms with E-state index in [1.165, 1.54) is 0 Å². The smallest absolute Gasteiger partial charge is 0.0818 e. The van der Waals surface area contributed by atoms with Crippen molar-refractivity contribution in [1.29, 1.82) is 0 Å². The van der Waals surface area contributed by atoms with Crippen LogP contribution < -0.4 is 0 Å². The fourth-order valence-electron chi connectivity index (χ4n) is 1.70. The lowest BCUT2D eigenvalue weighted by atomic mass is 9.91. The van der Waals surface area contributed by atoms with Crippen LogP contribution in [0.25, 0.3) is 0 Å². The molecule has 1 rings (SSSR count). The number of hydrogen-bond acceptors (Lipinski definition) is 1. The number of rotatable bonds is 4. The summed E-state index contributed by atoms with van der Waals surface area (Å²) in [4.78, 5) is 0. The van der Waals surface area contributed by atoms with E-state index in [1.54, 1.807) is 0 Å². The molecule has 0 bridgehead atoms. The third kappa shape index (κ3) is 3.30. The first kappa shape index (κ1) is 13.2. The average Bonchev–Trinajstić information content (AvgIpc) is 2.23. The molecular weight excluding hydrogens is 320 g/mol. The normalized spacial score (nSPS) is 13.2. The minimum absolute atomic E-state index is 0.345. The second kappa shape index (κ2) is 6.02. The molecule has 0 saturated carbocycles. The van der Waals surface area contributed by atoms with Crippen molar-refractivity contribution < 1.29 is 5.11 Å². The summed E-state index contributed by atoms with van der Waals surface area (Å²) >= 11 is 6.87. The van der Waals surface area contributed by atoms with E-state index in [-0.39, 0.29) is 6.10 Å². The second-order valence-electron chi connectivity index (χ2n) is 3.69. The van der Waals surface area contributed by atoms with Gasteiger partial charge in [0.05, 0.1) is 6.10 Å². The van der Waals surface area contributed by atoms with Crippen molar-refractivity contribution >= 4 is 31.9 Å². The molecule has 0 radical (unpaired) electrons. The largest absolute Gasteiger partial charge is 0.388 e. The van der Waals surface area contributed by atoms with Crippen molar-refractivity contribution in [3.05, 3.63) is 32.7 Å². The van der Waals surface area contributed by atoms with Crippen LogP contribution in [-0.2, 0) is 0 Å². The Morgan fingerprint density at radius 1 is 1.13 bits per heavy atom. The van der Waals surface area contributed by atoms with Crippen LogP contribution in [0.1, 0.15) is 38.4 Å².